The molecule has 1 saturated carbocycles. The second kappa shape index (κ2) is 8.85. The fraction of sp³-hybridized carbons (Fsp3) is 0.435. The normalized spacial score (nSPS) is 23.9. The molecule has 3 atom stereocenters. The number of nitrogens with one attached hydrogen (secondary N) is 2. The summed E-state index contributed by atoms with van der Waals surface area (Å²) in [5.74, 6) is 0.763. The second-order valence-corrected chi connectivity index (χ2v) is 8.95. The quantitative estimate of drug-likeness (QED) is 0.573. The molecule has 1 fully saturated rings. The molecule has 154 valence electrons. The number of carbonyl (C=O) groups is 1. The van der Waals surface area contributed by atoms with Gasteiger partial charge in [-0.25, -0.2) is 4.79 Å². The number of benzene rings is 2. The molecule has 0 saturated heterocycles. The van der Waals surface area contributed by atoms with E-state index in [1.54, 1.807) is 6.07 Å². The molecule has 2 aromatic carbocycles. The van der Waals surface area contributed by atoms with E-state index in [0.29, 0.717) is 16.0 Å². The van der Waals surface area contributed by atoms with E-state index in [0.717, 1.165) is 16.8 Å². The molecule has 4 nitrogen and oxygen atoms in total. The third kappa shape index (κ3) is 4.49. The Bertz CT molecular complexity index is 869. The van der Waals surface area contributed by atoms with Crippen LogP contribution < -0.4 is 10.6 Å². The minimum atomic E-state index is -0.431. The van der Waals surface area contributed by atoms with E-state index in [1.165, 1.54) is 25.7 Å². The lowest BCUT2D eigenvalue weighted by Gasteiger charge is -2.42. The van der Waals surface area contributed by atoms with Gasteiger partial charge in [0.1, 0.15) is 6.61 Å². The first-order valence-corrected chi connectivity index (χ1v) is 11.0. The average Bonchev–Trinajstić information content (AvgIpc) is 3.24. The van der Waals surface area contributed by atoms with Gasteiger partial charge in [-0.15, -0.1) is 0 Å². The number of carbonyl (C=O) groups excluding carboxylic acids is 1. The molecule has 1 amide bonds. The lowest BCUT2D eigenvalue weighted by Crippen LogP contribution is -2.46. The maximum atomic E-state index is 12.6. The molecule has 2 aliphatic rings. The SMILES string of the molecule is C[C@H]1[C@H](NC(=O)OCc2ccccc2)c2cc(Cl)cc(Cl)c2N[C@@H]1C1CCCC1. The Morgan fingerprint density at radius 2 is 1.90 bits per heavy atom. The molecule has 1 aliphatic carbocycles. The van der Waals surface area contributed by atoms with Crippen LogP contribution in [0.2, 0.25) is 10.0 Å². The van der Waals surface area contributed by atoms with Crippen molar-refractivity contribution in [3.05, 3.63) is 63.6 Å². The van der Waals surface area contributed by atoms with Crippen LogP contribution in [0.15, 0.2) is 42.5 Å². The van der Waals surface area contributed by atoms with Gasteiger partial charge in [0.15, 0.2) is 0 Å². The standard InChI is InChI=1S/C23H26Cl2N2O2/c1-14-20(16-9-5-6-10-16)26-22-18(11-17(24)12-19(22)25)21(14)27-23(28)29-13-15-7-3-2-4-8-15/h2-4,7-8,11-12,14,16,20-21,26H,5-6,9-10,13H2,1H3,(H,27,28)/t14-,20+,21+/m1/s1. The molecular formula is C23H26Cl2N2O2. The van der Waals surface area contributed by atoms with Crippen LogP contribution in [0.1, 0.15) is 49.8 Å². The topological polar surface area (TPSA) is 50.4 Å². The Labute approximate surface area is 181 Å². The summed E-state index contributed by atoms with van der Waals surface area (Å²) in [6.07, 6.45) is 4.49. The Morgan fingerprint density at radius 1 is 1.17 bits per heavy atom. The van der Waals surface area contributed by atoms with Crippen LogP contribution in [0.5, 0.6) is 0 Å². The number of halogens is 2. The van der Waals surface area contributed by atoms with Gasteiger partial charge in [-0.1, -0.05) is 73.3 Å². The molecule has 0 aromatic heterocycles. The summed E-state index contributed by atoms with van der Waals surface area (Å²) in [7, 11) is 0. The zero-order valence-electron chi connectivity index (χ0n) is 16.5. The summed E-state index contributed by atoms with van der Waals surface area (Å²) in [5.41, 5.74) is 2.75. The van der Waals surface area contributed by atoms with Gasteiger partial charge in [0.05, 0.1) is 16.8 Å². The number of ether oxygens (including phenoxy) is 1. The average molecular weight is 433 g/mol. The largest absolute Gasteiger partial charge is 0.445 e. The highest BCUT2D eigenvalue weighted by Crippen LogP contribution is 2.46. The van der Waals surface area contributed by atoms with Gasteiger partial charge in [0, 0.05) is 22.5 Å². The summed E-state index contributed by atoms with van der Waals surface area (Å²) in [5, 5.41) is 7.90. The summed E-state index contributed by atoms with van der Waals surface area (Å²) < 4.78 is 5.48. The van der Waals surface area contributed by atoms with E-state index in [9.17, 15) is 4.79 Å². The second-order valence-electron chi connectivity index (χ2n) is 8.11. The fourth-order valence-corrected chi connectivity index (χ4v) is 5.31. The van der Waals surface area contributed by atoms with Gasteiger partial charge in [0.25, 0.3) is 0 Å². The van der Waals surface area contributed by atoms with E-state index >= 15 is 0 Å². The van der Waals surface area contributed by atoms with Crippen LogP contribution >= 0.6 is 23.2 Å². The zero-order chi connectivity index (χ0) is 20.4. The number of anilines is 1. The van der Waals surface area contributed by atoms with Crippen molar-refractivity contribution >= 4 is 35.0 Å². The van der Waals surface area contributed by atoms with Crippen LogP contribution in [0.3, 0.4) is 0 Å². The molecule has 6 heteroatoms. The molecule has 29 heavy (non-hydrogen) atoms. The van der Waals surface area contributed by atoms with Crippen LogP contribution in [0.4, 0.5) is 10.5 Å². The minimum Gasteiger partial charge on any atom is -0.445 e. The van der Waals surface area contributed by atoms with Gasteiger partial charge in [0.2, 0.25) is 0 Å². The Balaban J connectivity index is 1.55. The zero-order valence-corrected chi connectivity index (χ0v) is 18.0. The molecule has 0 radical (unpaired) electrons. The molecule has 1 aliphatic heterocycles. The summed E-state index contributed by atoms with van der Waals surface area (Å²) >= 11 is 12.8. The molecule has 1 heterocycles. The van der Waals surface area contributed by atoms with Gasteiger partial charge in [-0.3, -0.25) is 0 Å². The molecular weight excluding hydrogens is 407 g/mol. The predicted molar refractivity (Wildman–Crippen MR) is 117 cm³/mol. The van der Waals surface area contributed by atoms with E-state index in [-0.39, 0.29) is 24.6 Å². The minimum absolute atomic E-state index is 0.185. The third-order valence-corrected chi connectivity index (χ3v) is 6.73. The lowest BCUT2D eigenvalue weighted by molar-refractivity contribution is 0.129. The van der Waals surface area contributed by atoms with Gasteiger partial charge in [-0.05, 0) is 36.5 Å². The number of hydrogen-bond acceptors (Lipinski definition) is 3. The van der Waals surface area contributed by atoms with Crippen LogP contribution in [-0.2, 0) is 11.3 Å². The van der Waals surface area contributed by atoms with E-state index in [2.05, 4.69) is 17.6 Å². The highest BCUT2D eigenvalue weighted by atomic mass is 35.5. The molecule has 0 unspecified atom stereocenters. The maximum absolute atomic E-state index is 12.6. The predicted octanol–water partition coefficient (Wildman–Crippen LogP) is 6.58. The summed E-state index contributed by atoms with van der Waals surface area (Å²) in [6.45, 7) is 2.41. The number of amides is 1. The smallest absolute Gasteiger partial charge is 0.407 e. The third-order valence-electron chi connectivity index (χ3n) is 6.22. The van der Waals surface area contributed by atoms with Crippen LogP contribution in [0, 0.1) is 11.8 Å². The van der Waals surface area contributed by atoms with Crippen molar-refractivity contribution in [2.75, 3.05) is 5.32 Å². The number of fused-ring (bicyclic) bond motifs is 1. The van der Waals surface area contributed by atoms with Gasteiger partial charge in [-0.2, -0.15) is 0 Å². The molecule has 0 bridgehead atoms. The van der Waals surface area contributed by atoms with E-state index in [1.807, 2.05) is 36.4 Å². The molecule has 2 aromatic rings. The fourth-order valence-electron chi connectivity index (χ4n) is 4.74. The van der Waals surface area contributed by atoms with Crippen molar-refractivity contribution in [3.8, 4) is 0 Å². The van der Waals surface area contributed by atoms with Crippen molar-refractivity contribution < 1.29 is 9.53 Å². The van der Waals surface area contributed by atoms with E-state index in [4.69, 9.17) is 27.9 Å². The molecule has 4 rings (SSSR count). The van der Waals surface area contributed by atoms with Gasteiger partial charge < -0.3 is 15.4 Å². The Kier molecular flexibility index (Phi) is 6.21. The number of hydrogen-bond donors (Lipinski definition) is 2. The first kappa shape index (κ1) is 20.4. The van der Waals surface area contributed by atoms with Gasteiger partial charge >= 0.3 is 6.09 Å². The highest BCUT2D eigenvalue weighted by Gasteiger charge is 2.40. The monoisotopic (exact) mass is 432 g/mol. The Hall–Kier alpha value is -1.91. The highest BCUT2D eigenvalue weighted by molar-refractivity contribution is 6.36. The number of rotatable bonds is 4. The van der Waals surface area contributed by atoms with Crippen molar-refractivity contribution in [2.45, 2.75) is 51.3 Å². The lowest BCUT2D eigenvalue weighted by atomic mass is 9.77. The summed E-state index contributed by atoms with van der Waals surface area (Å²) in [6, 6.07) is 13.3. The maximum Gasteiger partial charge on any atom is 0.407 e. The van der Waals surface area contributed by atoms with Crippen molar-refractivity contribution in [1.82, 2.24) is 5.32 Å². The summed E-state index contributed by atoms with van der Waals surface area (Å²) in [4.78, 5) is 12.6. The first-order chi connectivity index (χ1) is 14.0. The molecule has 2 N–H and O–H groups in total. The van der Waals surface area contributed by atoms with Crippen molar-refractivity contribution in [3.63, 3.8) is 0 Å². The first-order valence-electron chi connectivity index (χ1n) is 10.3. The van der Waals surface area contributed by atoms with Crippen LogP contribution in [0.25, 0.3) is 0 Å². The van der Waals surface area contributed by atoms with Crippen molar-refractivity contribution in [1.29, 1.82) is 0 Å². The Morgan fingerprint density at radius 3 is 2.62 bits per heavy atom. The molecule has 0 spiro atoms. The van der Waals surface area contributed by atoms with Crippen molar-refractivity contribution in [2.24, 2.45) is 11.8 Å². The van der Waals surface area contributed by atoms with Crippen LogP contribution in [-0.4, -0.2) is 12.1 Å². The number of alkyl carbamates (subject to hydrolysis) is 1. The van der Waals surface area contributed by atoms with E-state index < -0.39 is 6.09 Å².